The molecule has 0 bridgehead atoms. The van der Waals surface area contributed by atoms with Crippen molar-refractivity contribution in [1.82, 2.24) is 19.7 Å². The number of aromatic nitrogens is 3. The van der Waals surface area contributed by atoms with Gasteiger partial charge in [0, 0.05) is 60.3 Å². The van der Waals surface area contributed by atoms with E-state index < -0.39 is 5.91 Å². The van der Waals surface area contributed by atoms with E-state index in [4.69, 9.17) is 15.5 Å². The van der Waals surface area contributed by atoms with E-state index in [1.807, 2.05) is 60.0 Å². The molecule has 49 heavy (non-hydrogen) atoms. The van der Waals surface area contributed by atoms with Gasteiger partial charge in [0.05, 0.1) is 23.8 Å². The van der Waals surface area contributed by atoms with Crippen LogP contribution >= 0.6 is 0 Å². The Morgan fingerprint density at radius 3 is 2.49 bits per heavy atom. The molecule has 2 aromatic heterocycles. The van der Waals surface area contributed by atoms with Crippen molar-refractivity contribution in [3.8, 4) is 11.1 Å². The molecule has 0 spiro atoms. The highest BCUT2D eigenvalue weighted by Gasteiger charge is 2.26. The number of amides is 2. The standard InChI is InChI=1S/C39H42N6O4/c1-4-35-34(36(42-32-14-16-49-17-15-32)33-21-41-45(5-2)38(33)43-35)23-44(39(48)30-11-7-10-29(20-30)37(40)47)22-31-19-28(13-12-25(31)3)27-9-6-8-26(18-27)24-46/h6-13,18-21,24,32H,4-5,14-17,22-23H2,1-3H3,(H2,40,47)(H,42,43). The highest BCUT2D eigenvalue weighted by atomic mass is 16.5. The van der Waals surface area contributed by atoms with Crippen molar-refractivity contribution in [2.75, 3.05) is 18.5 Å². The molecule has 0 saturated carbocycles. The summed E-state index contributed by atoms with van der Waals surface area (Å²) in [6, 6.07) is 20.4. The summed E-state index contributed by atoms with van der Waals surface area (Å²) in [6.45, 7) is 8.75. The predicted octanol–water partition coefficient (Wildman–Crippen LogP) is 6.33. The molecular weight excluding hydrogens is 616 g/mol. The number of nitrogens with one attached hydrogen (secondary N) is 1. The van der Waals surface area contributed by atoms with E-state index >= 15 is 0 Å². The number of benzene rings is 3. The first-order valence-corrected chi connectivity index (χ1v) is 16.8. The second-order valence-corrected chi connectivity index (χ2v) is 12.5. The lowest BCUT2D eigenvalue weighted by Gasteiger charge is -2.29. The molecule has 1 saturated heterocycles. The minimum atomic E-state index is -0.596. The zero-order valence-corrected chi connectivity index (χ0v) is 28.2. The van der Waals surface area contributed by atoms with Gasteiger partial charge in [-0.25, -0.2) is 9.67 Å². The number of aldehydes is 1. The summed E-state index contributed by atoms with van der Waals surface area (Å²) in [7, 11) is 0. The fourth-order valence-electron chi connectivity index (χ4n) is 6.48. The molecule has 252 valence electrons. The quantitative estimate of drug-likeness (QED) is 0.150. The average molecular weight is 659 g/mol. The molecule has 1 fully saturated rings. The topological polar surface area (TPSA) is 132 Å². The zero-order valence-electron chi connectivity index (χ0n) is 28.2. The molecule has 0 atom stereocenters. The fourth-order valence-corrected chi connectivity index (χ4v) is 6.48. The van der Waals surface area contributed by atoms with Crippen LogP contribution in [0.2, 0.25) is 0 Å². The fraction of sp³-hybridized carbons (Fsp3) is 0.308. The van der Waals surface area contributed by atoms with Gasteiger partial charge in [-0.2, -0.15) is 5.10 Å². The van der Waals surface area contributed by atoms with Crippen LogP contribution in [0.15, 0.2) is 72.9 Å². The minimum absolute atomic E-state index is 0.199. The van der Waals surface area contributed by atoms with Gasteiger partial charge in [-0.1, -0.05) is 43.3 Å². The Morgan fingerprint density at radius 1 is 1.00 bits per heavy atom. The summed E-state index contributed by atoms with van der Waals surface area (Å²) in [5.74, 6) is -0.833. The second-order valence-electron chi connectivity index (χ2n) is 12.5. The summed E-state index contributed by atoms with van der Waals surface area (Å²) in [6.07, 6.45) is 5.09. The number of anilines is 1. The third-order valence-corrected chi connectivity index (χ3v) is 9.27. The second kappa shape index (κ2) is 14.8. The van der Waals surface area contributed by atoms with E-state index in [0.717, 1.165) is 69.4 Å². The molecule has 3 aromatic carbocycles. The van der Waals surface area contributed by atoms with Gasteiger partial charge in [-0.3, -0.25) is 14.4 Å². The zero-order chi connectivity index (χ0) is 34.5. The van der Waals surface area contributed by atoms with E-state index in [2.05, 4.69) is 23.4 Å². The van der Waals surface area contributed by atoms with Crippen LogP contribution in [0.25, 0.3) is 22.2 Å². The molecule has 0 radical (unpaired) electrons. The molecule has 3 heterocycles. The van der Waals surface area contributed by atoms with Gasteiger partial charge < -0.3 is 20.7 Å². The number of fused-ring (bicyclic) bond motifs is 1. The summed E-state index contributed by atoms with van der Waals surface area (Å²) < 4.78 is 7.56. The van der Waals surface area contributed by atoms with Crippen molar-refractivity contribution in [3.05, 3.63) is 112 Å². The Morgan fingerprint density at radius 2 is 1.76 bits per heavy atom. The third-order valence-electron chi connectivity index (χ3n) is 9.27. The number of rotatable bonds is 12. The number of ether oxygens (including phenoxy) is 1. The normalized spacial score (nSPS) is 13.4. The molecule has 0 aliphatic carbocycles. The molecule has 1 aliphatic rings. The van der Waals surface area contributed by atoms with Crippen molar-refractivity contribution in [1.29, 1.82) is 0 Å². The van der Waals surface area contributed by atoms with Crippen LogP contribution in [0.3, 0.4) is 0 Å². The third kappa shape index (κ3) is 7.24. The maximum Gasteiger partial charge on any atom is 0.254 e. The number of carbonyl (C=O) groups excluding carboxylic acids is 3. The minimum Gasteiger partial charge on any atom is -0.381 e. The van der Waals surface area contributed by atoms with Crippen LogP contribution in [0.1, 0.15) is 80.1 Å². The summed E-state index contributed by atoms with van der Waals surface area (Å²) in [5, 5.41) is 9.39. The van der Waals surface area contributed by atoms with Gasteiger partial charge >= 0.3 is 0 Å². The molecule has 2 amide bonds. The Labute approximate surface area is 286 Å². The highest BCUT2D eigenvalue weighted by Crippen LogP contribution is 2.33. The van der Waals surface area contributed by atoms with Crippen molar-refractivity contribution in [2.45, 2.75) is 65.7 Å². The number of nitrogens with zero attached hydrogens (tertiary/aromatic N) is 4. The predicted molar refractivity (Wildman–Crippen MR) is 191 cm³/mol. The summed E-state index contributed by atoms with van der Waals surface area (Å²) in [5.41, 5.74) is 14.2. The van der Waals surface area contributed by atoms with Crippen molar-refractivity contribution < 1.29 is 19.1 Å². The first-order chi connectivity index (χ1) is 23.8. The maximum atomic E-state index is 14.6. The Balaban J connectivity index is 1.47. The summed E-state index contributed by atoms with van der Waals surface area (Å²) >= 11 is 0. The number of aryl methyl sites for hydroxylation is 3. The Hall–Kier alpha value is -5.35. The molecule has 3 N–H and O–H groups in total. The van der Waals surface area contributed by atoms with E-state index in [9.17, 15) is 14.4 Å². The van der Waals surface area contributed by atoms with Crippen LogP contribution in [-0.2, 0) is 30.8 Å². The van der Waals surface area contributed by atoms with Crippen LogP contribution < -0.4 is 11.1 Å². The van der Waals surface area contributed by atoms with E-state index in [1.54, 1.807) is 30.3 Å². The average Bonchev–Trinajstić information content (AvgIpc) is 3.55. The molecular formula is C39H42N6O4. The molecule has 1 aliphatic heterocycles. The number of hydrogen-bond donors (Lipinski definition) is 2. The first-order valence-electron chi connectivity index (χ1n) is 16.8. The van der Waals surface area contributed by atoms with Gasteiger partial charge in [0.15, 0.2) is 5.65 Å². The van der Waals surface area contributed by atoms with Gasteiger partial charge in [-0.15, -0.1) is 0 Å². The van der Waals surface area contributed by atoms with Crippen molar-refractivity contribution in [3.63, 3.8) is 0 Å². The number of primary amides is 1. The number of hydrogen-bond acceptors (Lipinski definition) is 7. The molecule has 10 nitrogen and oxygen atoms in total. The molecule has 6 rings (SSSR count). The van der Waals surface area contributed by atoms with Crippen LogP contribution in [0.4, 0.5) is 5.69 Å². The van der Waals surface area contributed by atoms with Gasteiger partial charge in [0.2, 0.25) is 5.91 Å². The highest BCUT2D eigenvalue weighted by molar-refractivity contribution is 5.99. The lowest BCUT2D eigenvalue weighted by atomic mass is 9.97. The Bertz CT molecular complexity index is 2010. The Kier molecular flexibility index (Phi) is 10.1. The van der Waals surface area contributed by atoms with Crippen molar-refractivity contribution >= 4 is 34.8 Å². The van der Waals surface area contributed by atoms with Crippen LogP contribution in [-0.4, -0.2) is 57.0 Å². The SMILES string of the molecule is CCc1nc2c(cnn2CC)c(NC2CCOCC2)c1CN(Cc1cc(-c2cccc(C=O)c2)ccc1C)C(=O)c1cccc(C(N)=O)c1. The number of carbonyl (C=O) groups is 3. The van der Waals surface area contributed by atoms with Crippen molar-refractivity contribution in [2.24, 2.45) is 5.73 Å². The van der Waals surface area contributed by atoms with E-state index in [0.29, 0.717) is 43.9 Å². The first kappa shape index (κ1) is 33.5. The van der Waals surface area contributed by atoms with Crippen LogP contribution in [0.5, 0.6) is 0 Å². The smallest absolute Gasteiger partial charge is 0.254 e. The largest absolute Gasteiger partial charge is 0.381 e. The lowest BCUT2D eigenvalue weighted by Crippen LogP contribution is -2.33. The monoisotopic (exact) mass is 658 g/mol. The lowest BCUT2D eigenvalue weighted by molar-refractivity contribution is 0.0729. The molecule has 0 unspecified atom stereocenters. The number of pyridine rings is 1. The van der Waals surface area contributed by atoms with Gasteiger partial charge in [0.25, 0.3) is 5.91 Å². The van der Waals surface area contributed by atoms with Gasteiger partial charge in [-0.05, 0) is 85.7 Å². The number of nitrogens with two attached hydrogens (primary N) is 1. The molecule has 5 aromatic rings. The van der Waals surface area contributed by atoms with Crippen LogP contribution in [0, 0.1) is 6.92 Å². The van der Waals surface area contributed by atoms with E-state index in [-0.39, 0.29) is 24.1 Å². The maximum absolute atomic E-state index is 14.6. The molecule has 10 heteroatoms. The summed E-state index contributed by atoms with van der Waals surface area (Å²) in [4.78, 5) is 45.1. The van der Waals surface area contributed by atoms with E-state index in [1.165, 1.54) is 0 Å². The van der Waals surface area contributed by atoms with Gasteiger partial charge in [0.1, 0.15) is 6.29 Å².